The van der Waals surface area contributed by atoms with Crippen LogP contribution >= 0.6 is 0 Å². The molecular formula is C28H51FO3Si. The second-order valence-corrected chi connectivity index (χ2v) is 16.3. The maximum atomic E-state index is 15.7. The number of fused-ring (bicyclic) bond motifs is 1. The monoisotopic (exact) mass is 482 g/mol. The quantitative estimate of drug-likeness (QED) is 0.160. The lowest BCUT2D eigenvalue weighted by molar-refractivity contribution is -0.137. The van der Waals surface area contributed by atoms with E-state index in [-0.39, 0.29) is 22.9 Å². The lowest BCUT2D eigenvalue weighted by atomic mass is 9.60. The van der Waals surface area contributed by atoms with Crippen LogP contribution in [0.2, 0.25) is 18.1 Å². The standard InChI is InChI=1S/C28H51FO3Si/c1-9-31-26(30)20-22-14-13-18-28(8)23(15-16-24(22)28)21(5)25(29)17-19-27(6,7)32-33(10-2,11-3)12-4/h20-21,23-25H,9-19H2,1-8H3/b22-20+/t21-,23+,24-,25-,28+/m0/s1. The molecule has 0 aromatic heterocycles. The first kappa shape index (κ1) is 28.6. The van der Waals surface area contributed by atoms with Gasteiger partial charge in [-0.2, -0.15) is 0 Å². The highest BCUT2D eigenvalue weighted by atomic mass is 28.4. The van der Waals surface area contributed by atoms with Gasteiger partial charge in [0.15, 0.2) is 8.32 Å². The number of carbonyl (C=O) groups excluding carboxylic acids is 1. The molecule has 2 aliphatic carbocycles. The first-order valence-corrected chi connectivity index (χ1v) is 16.2. The van der Waals surface area contributed by atoms with Gasteiger partial charge in [0.1, 0.15) is 6.17 Å². The second kappa shape index (κ2) is 11.8. The largest absolute Gasteiger partial charge is 0.463 e. The zero-order chi connectivity index (χ0) is 24.9. The summed E-state index contributed by atoms with van der Waals surface area (Å²) in [6.07, 6.45) is 7.58. The summed E-state index contributed by atoms with van der Waals surface area (Å²) in [7, 11) is -1.71. The van der Waals surface area contributed by atoms with E-state index in [1.54, 1.807) is 6.08 Å². The van der Waals surface area contributed by atoms with Crippen LogP contribution in [0, 0.1) is 23.2 Å². The van der Waals surface area contributed by atoms with Gasteiger partial charge in [-0.15, -0.1) is 0 Å². The van der Waals surface area contributed by atoms with Gasteiger partial charge in [0.2, 0.25) is 0 Å². The minimum atomic E-state index is -1.71. The topological polar surface area (TPSA) is 35.5 Å². The molecule has 0 bridgehead atoms. The van der Waals surface area contributed by atoms with E-state index in [9.17, 15) is 4.79 Å². The fraction of sp³-hybridized carbons (Fsp3) is 0.893. The van der Waals surface area contributed by atoms with Crippen molar-refractivity contribution in [3.8, 4) is 0 Å². The molecule has 33 heavy (non-hydrogen) atoms. The Morgan fingerprint density at radius 1 is 1.21 bits per heavy atom. The second-order valence-electron chi connectivity index (χ2n) is 11.6. The van der Waals surface area contributed by atoms with Gasteiger partial charge in [0.25, 0.3) is 0 Å². The van der Waals surface area contributed by atoms with Crippen LogP contribution < -0.4 is 0 Å². The fourth-order valence-electron chi connectivity index (χ4n) is 7.06. The average molecular weight is 483 g/mol. The molecule has 0 aromatic rings. The zero-order valence-electron chi connectivity index (χ0n) is 22.8. The van der Waals surface area contributed by atoms with E-state index in [4.69, 9.17) is 9.16 Å². The third-order valence-corrected chi connectivity index (χ3v) is 14.1. The van der Waals surface area contributed by atoms with Gasteiger partial charge in [-0.05, 0) is 107 Å². The van der Waals surface area contributed by atoms with Crippen molar-refractivity contribution in [1.29, 1.82) is 0 Å². The van der Waals surface area contributed by atoms with Crippen molar-refractivity contribution in [1.82, 2.24) is 0 Å². The zero-order valence-corrected chi connectivity index (χ0v) is 23.8. The summed E-state index contributed by atoms with van der Waals surface area (Å²) in [5, 5.41) is 0. The summed E-state index contributed by atoms with van der Waals surface area (Å²) in [6.45, 7) is 17.8. The Morgan fingerprint density at radius 2 is 1.85 bits per heavy atom. The molecule has 0 heterocycles. The van der Waals surface area contributed by atoms with E-state index in [1.165, 1.54) is 5.57 Å². The predicted molar refractivity (Wildman–Crippen MR) is 139 cm³/mol. The number of halogens is 1. The predicted octanol–water partition coefficient (Wildman–Crippen LogP) is 8.25. The molecule has 5 heteroatoms. The molecule has 0 spiro atoms. The SMILES string of the molecule is CCOC(=O)/C=C1\CCC[C@]2(C)[C@@H]([C@H](C)[C@@H](F)CCC(C)(C)O[Si](CC)(CC)CC)CC[C@@H]12. The van der Waals surface area contributed by atoms with E-state index >= 15 is 4.39 Å². The van der Waals surface area contributed by atoms with Gasteiger partial charge >= 0.3 is 5.97 Å². The summed E-state index contributed by atoms with van der Waals surface area (Å²) < 4.78 is 27.6. The molecular weight excluding hydrogens is 431 g/mol. The van der Waals surface area contributed by atoms with Crippen molar-refractivity contribution in [2.75, 3.05) is 6.61 Å². The third kappa shape index (κ3) is 6.71. The number of allylic oxidation sites excluding steroid dienone is 1. The number of hydrogen-bond acceptors (Lipinski definition) is 3. The lowest BCUT2D eigenvalue weighted by Gasteiger charge is -2.45. The minimum Gasteiger partial charge on any atom is -0.463 e. The van der Waals surface area contributed by atoms with Gasteiger partial charge in [0.05, 0.1) is 12.2 Å². The summed E-state index contributed by atoms with van der Waals surface area (Å²) in [5.41, 5.74) is 1.06. The first-order chi connectivity index (χ1) is 15.5. The van der Waals surface area contributed by atoms with Crippen molar-refractivity contribution in [3.63, 3.8) is 0 Å². The molecule has 0 unspecified atom stereocenters. The highest BCUT2D eigenvalue weighted by molar-refractivity contribution is 6.73. The van der Waals surface area contributed by atoms with Crippen molar-refractivity contribution >= 4 is 14.3 Å². The third-order valence-electron chi connectivity index (χ3n) is 9.28. The van der Waals surface area contributed by atoms with Crippen LogP contribution in [-0.4, -0.2) is 32.7 Å². The van der Waals surface area contributed by atoms with Crippen LogP contribution in [0.3, 0.4) is 0 Å². The molecule has 3 nitrogen and oxygen atoms in total. The fourth-order valence-corrected chi connectivity index (χ4v) is 10.3. The van der Waals surface area contributed by atoms with Crippen LogP contribution in [0.25, 0.3) is 0 Å². The van der Waals surface area contributed by atoms with Crippen molar-refractivity contribution < 1.29 is 18.3 Å². The number of esters is 1. The van der Waals surface area contributed by atoms with Crippen LogP contribution in [0.5, 0.6) is 0 Å². The highest BCUT2D eigenvalue weighted by Crippen LogP contribution is 2.60. The van der Waals surface area contributed by atoms with Crippen molar-refractivity contribution in [3.05, 3.63) is 11.6 Å². The molecule has 0 aliphatic heterocycles. The van der Waals surface area contributed by atoms with Gasteiger partial charge < -0.3 is 9.16 Å². The summed E-state index contributed by atoms with van der Waals surface area (Å²) in [5.74, 6) is 0.566. The normalized spacial score (nSPS) is 29.1. The van der Waals surface area contributed by atoms with Crippen molar-refractivity contribution in [2.45, 2.75) is 130 Å². The minimum absolute atomic E-state index is 0.0308. The Labute approximate surface area is 204 Å². The molecule has 0 aromatic carbocycles. The molecule has 0 N–H and O–H groups in total. The summed E-state index contributed by atoms with van der Waals surface area (Å²) in [4.78, 5) is 12.1. The Balaban J connectivity index is 2.04. The van der Waals surface area contributed by atoms with Crippen LogP contribution in [0.4, 0.5) is 4.39 Å². The number of alkyl halides is 1. The molecule has 0 amide bonds. The Bertz CT molecular complexity index is 664. The van der Waals surface area contributed by atoms with E-state index < -0.39 is 14.5 Å². The molecule has 2 fully saturated rings. The smallest absolute Gasteiger partial charge is 0.330 e. The lowest BCUT2D eigenvalue weighted by Crippen LogP contribution is -2.45. The van der Waals surface area contributed by atoms with E-state index in [1.807, 2.05) is 6.92 Å². The number of rotatable bonds is 12. The maximum absolute atomic E-state index is 15.7. The number of ether oxygens (including phenoxy) is 1. The first-order valence-electron chi connectivity index (χ1n) is 13.7. The Kier molecular flexibility index (Phi) is 10.2. The number of carbonyl (C=O) groups is 1. The molecule has 2 aliphatic rings. The van der Waals surface area contributed by atoms with Gasteiger partial charge in [0, 0.05) is 6.08 Å². The molecule has 2 saturated carbocycles. The molecule has 192 valence electrons. The highest BCUT2D eigenvalue weighted by Gasteiger charge is 2.52. The van der Waals surface area contributed by atoms with Crippen molar-refractivity contribution in [2.24, 2.45) is 23.2 Å². The maximum Gasteiger partial charge on any atom is 0.330 e. The van der Waals surface area contributed by atoms with Gasteiger partial charge in [-0.25, -0.2) is 9.18 Å². The Hall–Kier alpha value is -0.683. The van der Waals surface area contributed by atoms with E-state index in [0.717, 1.165) is 56.7 Å². The molecule has 0 saturated heterocycles. The number of hydrogen-bond donors (Lipinski definition) is 0. The molecule has 0 radical (unpaired) electrons. The van der Waals surface area contributed by atoms with E-state index in [2.05, 4.69) is 48.5 Å². The summed E-state index contributed by atoms with van der Waals surface area (Å²) >= 11 is 0. The molecule has 5 atom stereocenters. The van der Waals surface area contributed by atoms with Crippen LogP contribution in [-0.2, 0) is 14.0 Å². The van der Waals surface area contributed by atoms with Gasteiger partial charge in [-0.3, -0.25) is 0 Å². The van der Waals surface area contributed by atoms with Gasteiger partial charge in [-0.1, -0.05) is 40.2 Å². The van der Waals surface area contributed by atoms with Crippen LogP contribution in [0.1, 0.15) is 100 Å². The summed E-state index contributed by atoms with van der Waals surface area (Å²) in [6, 6.07) is 3.38. The Morgan fingerprint density at radius 3 is 2.42 bits per heavy atom. The van der Waals surface area contributed by atoms with E-state index in [0.29, 0.717) is 24.9 Å². The molecule has 2 rings (SSSR count). The average Bonchev–Trinajstić information content (AvgIpc) is 3.13. The van der Waals surface area contributed by atoms with Crippen LogP contribution in [0.15, 0.2) is 11.6 Å².